The van der Waals surface area contributed by atoms with Gasteiger partial charge >= 0.3 is 6.09 Å². The molecular formula is C13H17IN6O3. The molecule has 2 aromatic rings. The van der Waals surface area contributed by atoms with Gasteiger partial charge in [-0.15, -0.1) is 5.10 Å². The molecule has 0 radical (unpaired) electrons. The number of halogens is 1. The Labute approximate surface area is 146 Å². The van der Waals surface area contributed by atoms with Crippen LogP contribution in [0.5, 0.6) is 0 Å². The Morgan fingerprint density at radius 1 is 1.30 bits per heavy atom. The topological polar surface area (TPSA) is 115 Å². The van der Waals surface area contributed by atoms with Crippen LogP contribution in [0.1, 0.15) is 33.5 Å². The molecule has 2 N–H and O–H groups in total. The van der Waals surface area contributed by atoms with Crippen LogP contribution in [0.4, 0.5) is 4.79 Å². The quantitative estimate of drug-likeness (QED) is 0.556. The standard InChI is InChI=1S/C13H17IN6O3/c1-12(2,3)23-11(21)18-13(4,22)8-17-9(14)19-20(8)10-15-6-5-7-16-10/h5-7,22H,1-4H3,(H,18,21)/t13-/m0/s1. The van der Waals surface area contributed by atoms with E-state index in [1.807, 2.05) is 22.6 Å². The number of amides is 1. The van der Waals surface area contributed by atoms with E-state index in [1.165, 1.54) is 24.0 Å². The number of rotatable bonds is 3. The summed E-state index contributed by atoms with van der Waals surface area (Å²) in [5.74, 6) is 0.295. The van der Waals surface area contributed by atoms with E-state index in [1.54, 1.807) is 26.8 Å². The third kappa shape index (κ3) is 4.58. The van der Waals surface area contributed by atoms with Gasteiger partial charge in [0, 0.05) is 35.0 Å². The number of nitrogens with zero attached hydrogens (tertiary/aromatic N) is 5. The minimum Gasteiger partial charge on any atom is -0.444 e. The summed E-state index contributed by atoms with van der Waals surface area (Å²) in [6.07, 6.45) is 2.30. The van der Waals surface area contributed by atoms with Gasteiger partial charge in [0.15, 0.2) is 11.5 Å². The Bertz CT molecular complexity index is 695. The van der Waals surface area contributed by atoms with Crippen LogP contribution < -0.4 is 5.32 Å². The molecule has 2 heterocycles. The molecule has 0 aliphatic carbocycles. The number of hydrogen-bond donors (Lipinski definition) is 2. The smallest absolute Gasteiger partial charge is 0.410 e. The predicted molar refractivity (Wildman–Crippen MR) is 88.6 cm³/mol. The molecule has 0 aliphatic rings. The lowest BCUT2D eigenvalue weighted by molar-refractivity contribution is -0.0121. The lowest BCUT2D eigenvalue weighted by atomic mass is 10.2. The highest BCUT2D eigenvalue weighted by atomic mass is 127. The molecule has 0 aromatic carbocycles. The molecule has 2 aromatic heterocycles. The van der Waals surface area contributed by atoms with Crippen LogP contribution in [0.2, 0.25) is 0 Å². The maximum Gasteiger partial charge on any atom is 0.410 e. The SMILES string of the molecule is CC(C)(C)OC(=O)N[C@@](C)(O)c1nc(I)nn1-c1ncccn1. The van der Waals surface area contributed by atoms with Crippen molar-refractivity contribution in [1.29, 1.82) is 0 Å². The third-order valence-electron chi connectivity index (χ3n) is 2.50. The van der Waals surface area contributed by atoms with Gasteiger partial charge in [-0.25, -0.2) is 19.7 Å². The molecule has 10 heteroatoms. The molecule has 0 spiro atoms. The first-order valence-electron chi connectivity index (χ1n) is 6.72. The van der Waals surface area contributed by atoms with Crippen LogP contribution in [0.3, 0.4) is 0 Å². The van der Waals surface area contributed by atoms with Gasteiger partial charge in [0.1, 0.15) is 5.60 Å². The highest BCUT2D eigenvalue weighted by molar-refractivity contribution is 14.1. The molecule has 2 rings (SSSR count). The monoisotopic (exact) mass is 432 g/mol. The van der Waals surface area contributed by atoms with Gasteiger partial charge in [0.25, 0.3) is 5.95 Å². The van der Waals surface area contributed by atoms with Gasteiger partial charge in [-0.1, -0.05) is 0 Å². The maximum atomic E-state index is 11.9. The van der Waals surface area contributed by atoms with Crippen molar-refractivity contribution in [1.82, 2.24) is 30.0 Å². The minimum absolute atomic E-state index is 0.0685. The van der Waals surface area contributed by atoms with Crippen LogP contribution in [0.15, 0.2) is 18.5 Å². The summed E-state index contributed by atoms with van der Waals surface area (Å²) in [4.78, 5) is 24.2. The molecule has 1 atom stereocenters. The summed E-state index contributed by atoms with van der Waals surface area (Å²) in [5.41, 5.74) is -2.51. The Morgan fingerprint density at radius 3 is 2.48 bits per heavy atom. The van der Waals surface area contributed by atoms with Crippen molar-refractivity contribution in [3.05, 3.63) is 28.1 Å². The van der Waals surface area contributed by atoms with Crippen molar-refractivity contribution in [2.75, 3.05) is 0 Å². The molecule has 124 valence electrons. The summed E-state index contributed by atoms with van der Waals surface area (Å²) in [7, 11) is 0. The summed E-state index contributed by atoms with van der Waals surface area (Å²) in [6, 6.07) is 1.65. The molecule has 0 bridgehead atoms. The molecule has 1 amide bonds. The van der Waals surface area contributed by atoms with Crippen LogP contribution in [-0.2, 0) is 10.5 Å². The summed E-state index contributed by atoms with van der Waals surface area (Å²) in [5, 5.41) is 17.1. The van der Waals surface area contributed by atoms with E-state index < -0.39 is 17.4 Å². The van der Waals surface area contributed by atoms with Crippen molar-refractivity contribution < 1.29 is 14.6 Å². The van der Waals surface area contributed by atoms with Crippen molar-refractivity contribution >= 4 is 28.7 Å². The Hall–Kier alpha value is -1.82. The number of aromatic nitrogens is 5. The summed E-state index contributed by atoms with van der Waals surface area (Å²) >= 11 is 1.90. The molecule has 0 saturated carbocycles. The van der Waals surface area contributed by atoms with Crippen LogP contribution in [0.25, 0.3) is 5.95 Å². The Morgan fingerprint density at radius 2 is 1.91 bits per heavy atom. The fourth-order valence-electron chi connectivity index (χ4n) is 1.70. The van der Waals surface area contributed by atoms with Crippen molar-refractivity contribution in [3.63, 3.8) is 0 Å². The zero-order valence-electron chi connectivity index (χ0n) is 13.1. The molecule has 23 heavy (non-hydrogen) atoms. The maximum absolute atomic E-state index is 11.9. The zero-order valence-corrected chi connectivity index (χ0v) is 15.3. The zero-order chi connectivity index (χ0) is 17.3. The van der Waals surface area contributed by atoms with Gasteiger partial charge in [-0.3, -0.25) is 5.32 Å². The molecule has 0 saturated heterocycles. The van der Waals surface area contributed by atoms with E-state index in [2.05, 4.69) is 25.4 Å². The second-order valence-corrected chi connectivity index (χ2v) is 6.83. The van der Waals surface area contributed by atoms with Crippen LogP contribution >= 0.6 is 22.6 Å². The van der Waals surface area contributed by atoms with Gasteiger partial charge in [-0.05, 0) is 33.8 Å². The third-order valence-corrected chi connectivity index (χ3v) is 2.96. The molecule has 9 nitrogen and oxygen atoms in total. The van der Waals surface area contributed by atoms with E-state index in [-0.39, 0.29) is 11.8 Å². The van der Waals surface area contributed by atoms with Gasteiger partial charge < -0.3 is 9.84 Å². The molecular weight excluding hydrogens is 415 g/mol. The summed E-state index contributed by atoms with van der Waals surface area (Å²) < 4.78 is 6.78. The first-order valence-corrected chi connectivity index (χ1v) is 7.80. The van der Waals surface area contributed by atoms with Crippen molar-refractivity contribution in [2.45, 2.75) is 39.0 Å². The number of ether oxygens (including phenoxy) is 1. The van der Waals surface area contributed by atoms with Gasteiger partial charge in [0.2, 0.25) is 3.83 Å². The van der Waals surface area contributed by atoms with Crippen molar-refractivity contribution in [3.8, 4) is 5.95 Å². The highest BCUT2D eigenvalue weighted by Crippen LogP contribution is 2.19. The van der Waals surface area contributed by atoms with Gasteiger partial charge in [-0.2, -0.15) is 4.68 Å². The van der Waals surface area contributed by atoms with Crippen LogP contribution in [0, 0.1) is 3.83 Å². The normalized spacial score (nSPS) is 14.2. The Kier molecular flexibility index (Phi) is 4.84. The number of hydrogen-bond acceptors (Lipinski definition) is 7. The van der Waals surface area contributed by atoms with E-state index in [0.717, 1.165) is 0 Å². The van der Waals surface area contributed by atoms with Crippen LogP contribution in [-0.4, -0.2) is 41.5 Å². The highest BCUT2D eigenvalue weighted by Gasteiger charge is 2.34. The largest absolute Gasteiger partial charge is 0.444 e. The second kappa shape index (κ2) is 6.35. The molecule has 0 aliphatic heterocycles. The van der Waals surface area contributed by atoms with Crippen molar-refractivity contribution in [2.24, 2.45) is 0 Å². The number of carbonyl (C=O) groups excluding carboxylic acids is 1. The molecule has 0 unspecified atom stereocenters. The lowest BCUT2D eigenvalue weighted by Gasteiger charge is -2.26. The fraction of sp³-hybridized carbons (Fsp3) is 0.462. The number of carbonyl (C=O) groups is 1. The first-order chi connectivity index (χ1) is 10.6. The average Bonchev–Trinajstić information content (AvgIpc) is 2.80. The number of aliphatic hydroxyl groups is 1. The van der Waals surface area contributed by atoms with E-state index in [0.29, 0.717) is 3.83 Å². The predicted octanol–water partition coefficient (Wildman–Crippen LogP) is 1.35. The lowest BCUT2D eigenvalue weighted by Crippen LogP contribution is -2.47. The number of alkyl carbamates (subject to hydrolysis) is 1. The fourth-order valence-corrected chi connectivity index (χ4v) is 2.14. The summed E-state index contributed by atoms with van der Waals surface area (Å²) in [6.45, 7) is 6.55. The number of nitrogens with one attached hydrogen (secondary N) is 1. The van der Waals surface area contributed by atoms with E-state index in [9.17, 15) is 9.90 Å². The second-order valence-electron chi connectivity index (χ2n) is 5.86. The average molecular weight is 432 g/mol. The van der Waals surface area contributed by atoms with E-state index in [4.69, 9.17) is 4.74 Å². The van der Waals surface area contributed by atoms with Gasteiger partial charge in [0.05, 0.1) is 0 Å². The van der Waals surface area contributed by atoms with E-state index >= 15 is 0 Å². The minimum atomic E-state index is -1.82. The molecule has 0 fully saturated rings. The first kappa shape index (κ1) is 17.5. The Balaban J connectivity index is 2.32.